The number of aryl methyl sites for hydroxylation is 2. The van der Waals surface area contributed by atoms with E-state index < -0.39 is 9.84 Å². The van der Waals surface area contributed by atoms with Crippen LogP contribution in [-0.2, 0) is 9.84 Å². The third-order valence-corrected chi connectivity index (χ3v) is 5.14. The molecule has 0 aliphatic heterocycles. The summed E-state index contributed by atoms with van der Waals surface area (Å²) in [6.45, 7) is 8.44. The highest BCUT2D eigenvalue weighted by atomic mass is 32.2. The quantitative estimate of drug-likeness (QED) is 0.794. The first-order valence-corrected chi connectivity index (χ1v) is 8.96. The van der Waals surface area contributed by atoms with Crippen molar-refractivity contribution in [2.45, 2.75) is 46.6 Å². The molecular formula is C14H25N3O2S. The predicted octanol–water partition coefficient (Wildman–Crippen LogP) is 1.96. The summed E-state index contributed by atoms with van der Waals surface area (Å²) in [6.07, 6.45) is 1.45. The zero-order valence-electron chi connectivity index (χ0n) is 12.8. The highest BCUT2D eigenvalue weighted by Gasteiger charge is 2.16. The molecule has 0 aromatic carbocycles. The van der Waals surface area contributed by atoms with Gasteiger partial charge < -0.3 is 5.32 Å². The average molecular weight is 299 g/mol. The van der Waals surface area contributed by atoms with Crippen molar-refractivity contribution in [2.75, 3.05) is 18.1 Å². The minimum absolute atomic E-state index is 0.140. The third-order valence-electron chi connectivity index (χ3n) is 3.35. The first kappa shape index (κ1) is 17.0. The van der Waals surface area contributed by atoms with Gasteiger partial charge in [0.25, 0.3) is 0 Å². The molecular weight excluding hydrogens is 274 g/mol. The molecule has 0 saturated heterocycles. The van der Waals surface area contributed by atoms with E-state index in [-0.39, 0.29) is 17.5 Å². The molecule has 0 saturated carbocycles. The number of nitrogens with zero attached hydrogens (tertiary/aromatic N) is 2. The lowest BCUT2D eigenvalue weighted by Gasteiger charge is -2.19. The van der Waals surface area contributed by atoms with Crippen LogP contribution in [0.25, 0.3) is 0 Å². The lowest BCUT2D eigenvalue weighted by Crippen LogP contribution is -2.23. The second-order valence-electron chi connectivity index (χ2n) is 5.02. The van der Waals surface area contributed by atoms with Gasteiger partial charge in [-0.25, -0.2) is 8.42 Å². The molecule has 0 radical (unpaired) electrons. The third kappa shape index (κ3) is 5.17. The Kier molecular flexibility index (Phi) is 6.55. The van der Waals surface area contributed by atoms with E-state index in [2.05, 4.69) is 15.5 Å². The largest absolute Gasteiger partial charge is 0.310 e. The highest BCUT2D eigenvalue weighted by molar-refractivity contribution is 7.91. The van der Waals surface area contributed by atoms with E-state index in [1.54, 1.807) is 6.92 Å². The molecule has 0 spiro atoms. The Morgan fingerprint density at radius 2 is 1.95 bits per heavy atom. The highest BCUT2D eigenvalue weighted by Crippen LogP contribution is 2.21. The molecule has 5 nitrogen and oxygen atoms in total. The van der Waals surface area contributed by atoms with Crippen molar-refractivity contribution >= 4 is 9.84 Å². The van der Waals surface area contributed by atoms with Crippen LogP contribution in [0.1, 0.15) is 49.7 Å². The molecule has 1 aromatic rings. The normalized spacial score (nSPS) is 13.4. The number of aromatic nitrogens is 2. The van der Waals surface area contributed by atoms with E-state index in [4.69, 9.17) is 0 Å². The minimum Gasteiger partial charge on any atom is -0.310 e. The molecule has 0 aliphatic rings. The van der Waals surface area contributed by atoms with Gasteiger partial charge in [-0.15, -0.1) is 0 Å². The number of hydrogen-bond acceptors (Lipinski definition) is 5. The molecule has 1 aromatic heterocycles. The second-order valence-corrected chi connectivity index (χ2v) is 7.49. The van der Waals surface area contributed by atoms with Crippen LogP contribution in [-0.4, -0.2) is 36.7 Å². The van der Waals surface area contributed by atoms with Crippen molar-refractivity contribution in [3.63, 3.8) is 0 Å². The van der Waals surface area contributed by atoms with Crippen LogP contribution in [0.3, 0.4) is 0 Å². The first-order chi connectivity index (χ1) is 9.39. The molecule has 1 N–H and O–H groups in total. The van der Waals surface area contributed by atoms with Crippen LogP contribution < -0.4 is 5.32 Å². The fraction of sp³-hybridized carbons (Fsp3) is 0.714. The number of rotatable bonds is 8. The summed E-state index contributed by atoms with van der Waals surface area (Å²) >= 11 is 0. The standard InChI is InChI=1S/C14H25N3O2S/c1-5-15-14(8-7-9-20(18,19)6-2)13-10-11(3)16-17-12(13)4/h10,14-15H,5-9H2,1-4H3. The molecule has 0 amide bonds. The fourth-order valence-electron chi connectivity index (χ4n) is 2.19. The van der Waals surface area contributed by atoms with Crippen LogP contribution in [0.4, 0.5) is 0 Å². The van der Waals surface area contributed by atoms with Gasteiger partial charge in [0.05, 0.1) is 17.1 Å². The summed E-state index contributed by atoms with van der Waals surface area (Å²) < 4.78 is 23.1. The Labute approximate surface area is 122 Å². The van der Waals surface area contributed by atoms with E-state index in [0.29, 0.717) is 6.42 Å². The molecule has 6 heteroatoms. The monoisotopic (exact) mass is 299 g/mol. The Balaban J connectivity index is 2.76. The van der Waals surface area contributed by atoms with Crippen molar-refractivity contribution < 1.29 is 8.42 Å². The Hall–Kier alpha value is -1.01. The Morgan fingerprint density at radius 1 is 1.25 bits per heavy atom. The molecule has 114 valence electrons. The predicted molar refractivity (Wildman–Crippen MR) is 81.5 cm³/mol. The zero-order chi connectivity index (χ0) is 15.2. The summed E-state index contributed by atoms with van der Waals surface area (Å²) in [5.74, 6) is 0.468. The lowest BCUT2D eigenvalue weighted by atomic mass is 10.0. The maximum absolute atomic E-state index is 11.6. The van der Waals surface area contributed by atoms with Gasteiger partial charge in [-0.05, 0) is 44.9 Å². The van der Waals surface area contributed by atoms with Crippen LogP contribution in [0.15, 0.2) is 6.07 Å². The summed E-state index contributed by atoms with van der Waals surface area (Å²) in [5, 5.41) is 11.6. The zero-order valence-corrected chi connectivity index (χ0v) is 13.6. The first-order valence-electron chi connectivity index (χ1n) is 7.14. The van der Waals surface area contributed by atoms with Crippen molar-refractivity contribution in [1.82, 2.24) is 15.5 Å². The molecule has 0 aliphatic carbocycles. The van der Waals surface area contributed by atoms with E-state index in [1.807, 2.05) is 26.8 Å². The SMILES string of the molecule is CCNC(CCCS(=O)(=O)CC)c1cc(C)nnc1C. The average Bonchev–Trinajstić information content (AvgIpc) is 2.40. The summed E-state index contributed by atoms with van der Waals surface area (Å²) in [4.78, 5) is 0. The molecule has 0 fully saturated rings. The lowest BCUT2D eigenvalue weighted by molar-refractivity contribution is 0.501. The number of nitrogens with one attached hydrogen (secondary N) is 1. The molecule has 1 heterocycles. The molecule has 20 heavy (non-hydrogen) atoms. The maximum atomic E-state index is 11.6. The van der Waals surface area contributed by atoms with Gasteiger partial charge >= 0.3 is 0 Å². The van der Waals surface area contributed by atoms with Crippen molar-refractivity contribution in [3.05, 3.63) is 23.0 Å². The van der Waals surface area contributed by atoms with Crippen molar-refractivity contribution in [1.29, 1.82) is 0 Å². The van der Waals surface area contributed by atoms with Gasteiger partial charge in [0, 0.05) is 11.8 Å². The molecule has 0 bridgehead atoms. The van der Waals surface area contributed by atoms with Gasteiger partial charge in [0.2, 0.25) is 0 Å². The number of sulfone groups is 1. The van der Waals surface area contributed by atoms with Gasteiger partial charge in [0.1, 0.15) is 9.84 Å². The van der Waals surface area contributed by atoms with E-state index in [9.17, 15) is 8.42 Å². The molecule has 1 unspecified atom stereocenters. The summed E-state index contributed by atoms with van der Waals surface area (Å²) in [7, 11) is -2.89. The topological polar surface area (TPSA) is 72.0 Å². The Morgan fingerprint density at radius 3 is 2.55 bits per heavy atom. The smallest absolute Gasteiger partial charge is 0.150 e. The Bertz CT molecular complexity index is 529. The van der Waals surface area contributed by atoms with E-state index in [0.717, 1.165) is 29.9 Å². The van der Waals surface area contributed by atoms with Gasteiger partial charge in [0.15, 0.2) is 0 Å². The maximum Gasteiger partial charge on any atom is 0.150 e. The minimum atomic E-state index is -2.89. The van der Waals surface area contributed by atoms with Crippen molar-refractivity contribution in [2.24, 2.45) is 0 Å². The van der Waals surface area contributed by atoms with Crippen LogP contribution >= 0.6 is 0 Å². The van der Waals surface area contributed by atoms with Crippen molar-refractivity contribution in [3.8, 4) is 0 Å². The number of hydrogen-bond donors (Lipinski definition) is 1. The second kappa shape index (κ2) is 7.69. The van der Waals surface area contributed by atoms with E-state index >= 15 is 0 Å². The molecule has 1 rings (SSSR count). The van der Waals surface area contributed by atoms with Crippen LogP contribution in [0, 0.1) is 13.8 Å². The van der Waals surface area contributed by atoms with Crippen LogP contribution in [0.5, 0.6) is 0 Å². The summed E-state index contributed by atoms with van der Waals surface area (Å²) in [5.41, 5.74) is 2.91. The van der Waals surface area contributed by atoms with Gasteiger partial charge in [-0.3, -0.25) is 0 Å². The van der Waals surface area contributed by atoms with Crippen LogP contribution in [0.2, 0.25) is 0 Å². The summed E-state index contributed by atoms with van der Waals surface area (Å²) in [6, 6.07) is 2.17. The molecule has 1 atom stereocenters. The van der Waals surface area contributed by atoms with E-state index in [1.165, 1.54) is 0 Å². The fourth-order valence-corrected chi connectivity index (χ4v) is 3.08. The van der Waals surface area contributed by atoms with Gasteiger partial charge in [-0.2, -0.15) is 10.2 Å². The van der Waals surface area contributed by atoms with Gasteiger partial charge in [-0.1, -0.05) is 13.8 Å².